The second kappa shape index (κ2) is 7.41. The fraction of sp³-hybridized carbons (Fsp3) is 0.667. The molecule has 0 atom stereocenters. The van der Waals surface area contributed by atoms with Crippen molar-refractivity contribution in [2.75, 3.05) is 46.8 Å². The van der Waals surface area contributed by atoms with E-state index >= 15 is 0 Å². The van der Waals surface area contributed by atoms with Crippen molar-refractivity contribution in [2.45, 2.75) is 6.18 Å². The average Bonchev–Trinajstić information content (AvgIpc) is 2.42. The van der Waals surface area contributed by atoms with Crippen molar-refractivity contribution >= 4 is 11.9 Å². The molecule has 9 heteroatoms. The smallest absolute Gasteiger partial charge is 0.414 e. The molecule has 0 unspecified atom stereocenters. The van der Waals surface area contributed by atoms with Gasteiger partial charge in [-0.2, -0.15) is 13.2 Å². The minimum Gasteiger partial charge on any atom is -0.414 e. The van der Waals surface area contributed by atoms with Gasteiger partial charge in [0.15, 0.2) is 5.76 Å². The van der Waals surface area contributed by atoms with Gasteiger partial charge in [-0.3, -0.25) is 4.79 Å². The van der Waals surface area contributed by atoms with Gasteiger partial charge in [0.1, 0.15) is 0 Å². The van der Waals surface area contributed by atoms with Crippen LogP contribution in [0.2, 0.25) is 0 Å². The number of piperazine rings is 1. The Bertz CT molecular complexity index is 416. The van der Waals surface area contributed by atoms with Gasteiger partial charge in [-0.1, -0.05) is 0 Å². The van der Waals surface area contributed by atoms with Crippen LogP contribution in [0.4, 0.5) is 13.2 Å². The average molecular weight is 309 g/mol. The van der Waals surface area contributed by atoms with E-state index in [1.165, 1.54) is 11.0 Å². The zero-order chi connectivity index (χ0) is 16.0. The van der Waals surface area contributed by atoms with Crippen LogP contribution >= 0.6 is 0 Å². The molecule has 1 amide bonds. The molecule has 0 aromatic carbocycles. The summed E-state index contributed by atoms with van der Waals surface area (Å²) in [5, 5.41) is 3.01. The molecule has 1 saturated heterocycles. The highest BCUT2D eigenvalue weighted by Gasteiger charge is 2.42. The largest absolute Gasteiger partial charge is 0.491 e. The van der Waals surface area contributed by atoms with Gasteiger partial charge in [-0.05, 0) is 20.2 Å². The van der Waals surface area contributed by atoms with E-state index in [1.807, 2.05) is 0 Å². The highest BCUT2D eigenvalue weighted by atomic mass is 19.4. The van der Waals surface area contributed by atoms with Crippen LogP contribution in [0.3, 0.4) is 0 Å². The van der Waals surface area contributed by atoms with Crippen molar-refractivity contribution in [1.82, 2.24) is 15.1 Å². The van der Waals surface area contributed by atoms with Crippen LogP contribution < -0.4 is 5.32 Å². The van der Waals surface area contributed by atoms with Gasteiger partial charge in [0.25, 0.3) is 5.91 Å². The van der Waals surface area contributed by atoms with Crippen molar-refractivity contribution in [3.8, 4) is 0 Å². The number of hydrogen-bond donors (Lipinski definition) is 1. The summed E-state index contributed by atoms with van der Waals surface area (Å²) < 4.78 is 41.0. The number of hydrogen-bond acceptors (Lipinski definition) is 5. The molecule has 0 spiro atoms. The third-order valence-electron chi connectivity index (χ3n) is 2.69. The molecule has 21 heavy (non-hydrogen) atoms. The number of ether oxygens (including phenoxy) is 1. The maximum atomic E-state index is 12.3. The van der Waals surface area contributed by atoms with Crippen molar-refractivity contribution in [1.29, 1.82) is 0 Å². The molecule has 1 aliphatic heterocycles. The van der Waals surface area contributed by atoms with Gasteiger partial charge >= 0.3 is 12.1 Å². The zero-order valence-corrected chi connectivity index (χ0v) is 11.9. The van der Waals surface area contributed by atoms with Crippen molar-refractivity contribution < 1.29 is 27.5 Å². The second-order valence-corrected chi connectivity index (χ2v) is 4.76. The normalized spacial score (nSPS) is 17.0. The number of carbonyl (C=O) groups is 2. The molecule has 0 aliphatic carbocycles. The van der Waals surface area contributed by atoms with E-state index in [-0.39, 0.29) is 6.54 Å². The van der Waals surface area contributed by atoms with E-state index in [1.54, 1.807) is 19.0 Å². The number of likely N-dealkylation sites (N-methyl/N-ethyl adjacent to an activating group) is 1. The lowest BCUT2D eigenvalue weighted by atomic mass is 10.3. The summed E-state index contributed by atoms with van der Waals surface area (Å²) in [6.07, 6.45) is -3.96. The number of rotatable bonds is 4. The first kappa shape index (κ1) is 17.4. The maximum Gasteiger partial charge on any atom is 0.491 e. The third kappa shape index (κ3) is 5.72. The summed E-state index contributed by atoms with van der Waals surface area (Å²) in [5.74, 6) is -3.69. The van der Waals surface area contributed by atoms with E-state index in [0.717, 1.165) is 0 Å². The minimum absolute atomic E-state index is 0.179. The van der Waals surface area contributed by atoms with E-state index in [0.29, 0.717) is 26.2 Å². The first-order chi connectivity index (χ1) is 9.71. The summed E-state index contributed by atoms with van der Waals surface area (Å²) in [6, 6.07) is 0. The summed E-state index contributed by atoms with van der Waals surface area (Å²) in [5.41, 5.74) is 0. The predicted octanol–water partition coefficient (Wildman–Crippen LogP) is -0.0308. The Morgan fingerprint density at radius 3 is 2.33 bits per heavy atom. The number of amides is 1. The Morgan fingerprint density at radius 2 is 1.86 bits per heavy atom. The van der Waals surface area contributed by atoms with Crippen LogP contribution in [-0.2, 0) is 14.3 Å². The monoisotopic (exact) mass is 309 g/mol. The van der Waals surface area contributed by atoms with Crippen LogP contribution in [0.15, 0.2) is 11.8 Å². The van der Waals surface area contributed by atoms with Gasteiger partial charge < -0.3 is 19.9 Å². The molecule has 1 N–H and O–H groups in total. The molecule has 0 bridgehead atoms. The Morgan fingerprint density at radius 1 is 1.29 bits per heavy atom. The molecular formula is C12H18F3N3O3. The maximum absolute atomic E-state index is 12.3. The van der Waals surface area contributed by atoms with Crippen molar-refractivity contribution in [2.24, 2.45) is 0 Å². The Hall–Kier alpha value is -1.61. The fourth-order valence-corrected chi connectivity index (χ4v) is 1.62. The Kier molecular flexibility index (Phi) is 6.16. The minimum atomic E-state index is -5.14. The van der Waals surface area contributed by atoms with Crippen LogP contribution in [-0.4, -0.2) is 74.7 Å². The number of esters is 1. The standard InChI is InChI=1S/C12H18F3N3O3/c1-17(2)6-3-9(21-11(20)12(13,14)15)10(19)18-7-4-16-5-8-18/h3,16H,4-8H2,1-2H3/b9-3+. The highest BCUT2D eigenvalue weighted by Crippen LogP contribution is 2.19. The molecule has 1 aliphatic rings. The summed E-state index contributed by atoms with van der Waals surface area (Å²) >= 11 is 0. The number of nitrogens with one attached hydrogen (secondary N) is 1. The lowest BCUT2D eigenvalue weighted by Crippen LogP contribution is -2.47. The van der Waals surface area contributed by atoms with Crippen LogP contribution in [0.25, 0.3) is 0 Å². The molecule has 1 heterocycles. The molecule has 0 radical (unpaired) electrons. The molecule has 0 saturated carbocycles. The van der Waals surface area contributed by atoms with E-state index in [4.69, 9.17) is 0 Å². The predicted molar refractivity (Wildman–Crippen MR) is 68.2 cm³/mol. The quantitative estimate of drug-likeness (QED) is 0.449. The summed E-state index contributed by atoms with van der Waals surface area (Å²) in [4.78, 5) is 26.0. The third-order valence-corrected chi connectivity index (χ3v) is 2.69. The van der Waals surface area contributed by atoms with Crippen molar-refractivity contribution in [3.63, 3.8) is 0 Å². The molecule has 0 aromatic heterocycles. The topological polar surface area (TPSA) is 61.9 Å². The highest BCUT2D eigenvalue weighted by molar-refractivity contribution is 5.94. The zero-order valence-electron chi connectivity index (χ0n) is 11.9. The SMILES string of the molecule is CN(C)C/C=C(/OC(=O)C(F)(F)F)C(=O)N1CCNCC1. The molecule has 120 valence electrons. The molecule has 6 nitrogen and oxygen atoms in total. The van der Waals surface area contributed by atoms with Crippen LogP contribution in [0, 0.1) is 0 Å². The second-order valence-electron chi connectivity index (χ2n) is 4.76. The molecule has 1 rings (SSSR count). The summed E-state index contributed by atoms with van der Waals surface area (Å²) in [6.45, 7) is 1.96. The first-order valence-corrected chi connectivity index (χ1v) is 6.35. The van der Waals surface area contributed by atoms with Gasteiger partial charge in [0, 0.05) is 32.7 Å². The summed E-state index contributed by atoms with van der Waals surface area (Å²) in [7, 11) is 3.35. The van der Waals surface area contributed by atoms with Crippen LogP contribution in [0.5, 0.6) is 0 Å². The van der Waals surface area contributed by atoms with Gasteiger partial charge in [0.05, 0.1) is 0 Å². The lowest BCUT2D eigenvalue weighted by molar-refractivity contribution is -0.196. The van der Waals surface area contributed by atoms with Gasteiger partial charge in [-0.15, -0.1) is 0 Å². The Balaban J connectivity index is 2.83. The van der Waals surface area contributed by atoms with E-state index in [9.17, 15) is 22.8 Å². The number of carbonyl (C=O) groups excluding carboxylic acids is 2. The molecule has 0 aromatic rings. The number of halogens is 3. The molecular weight excluding hydrogens is 291 g/mol. The number of alkyl halides is 3. The van der Waals surface area contributed by atoms with Gasteiger partial charge in [0.2, 0.25) is 0 Å². The van der Waals surface area contributed by atoms with E-state index < -0.39 is 23.8 Å². The van der Waals surface area contributed by atoms with Gasteiger partial charge in [-0.25, -0.2) is 4.79 Å². The van der Waals surface area contributed by atoms with E-state index in [2.05, 4.69) is 10.1 Å². The lowest BCUT2D eigenvalue weighted by Gasteiger charge is -2.28. The molecule has 1 fully saturated rings. The fourth-order valence-electron chi connectivity index (χ4n) is 1.62. The number of nitrogens with zero attached hydrogens (tertiary/aromatic N) is 2. The first-order valence-electron chi connectivity index (χ1n) is 6.35. The van der Waals surface area contributed by atoms with Crippen molar-refractivity contribution in [3.05, 3.63) is 11.8 Å². The van der Waals surface area contributed by atoms with Crippen LogP contribution in [0.1, 0.15) is 0 Å². The Labute approximate surface area is 120 Å².